The summed E-state index contributed by atoms with van der Waals surface area (Å²) in [4.78, 5) is 15.6. The minimum atomic E-state index is -0.0363. The maximum Gasteiger partial charge on any atom is 0.263 e. The average molecular weight is 327 g/mol. The summed E-state index contributed by atoms with van der Waals surface area (Å²) >= 11 is 8.68. The smallest absolute Gasteiger partial charge is 0.263 e. The first kappa shape index (κ1) is 11.9. The Balaban J connectivity index is 2.42. The molecule has 0 atom stereocenters. The highest BCUT2D eigenvalue weighted by Gasteiger charge is 2.26. The van der Waals surface area contributed by atoms with Crippen LogP contribution < -0.4 is 10.3 Å². The lowest BCUT2D eigenvalue weighted by atomic mass is 10.2. The Morgan fingerprint density at radius 1 is 1.50 bits per heavy atom. The standard InChI is InChI=1S/C12H11BrN2O2S/c1-17-7-4-8(13)10-9(5-7)14-12(18)15(11(10)16)6-2-3-6/h4-6H,2-3H2,1H3,(H,14,18). The molecule has 3 rings (SSSR count). The van der Waals surface area contributed by atoms with E-state index in [1.165, 1.54) is 0 Å². The van der Waals surface area contributed by atoms with E-state index in [4.69, 9.17) is 17.0 Å². The largest absolute Gasteiger partial charge is 0.497 e. The van der Waals surface area contributed by atoms with Crippen molar-refractivity contribution in [2.24, 2.45) is 0 Å². The maximum atomic E-state index is 12.5. The number of halogens is 1. The third kappa shape index (κ3) is 1.80. The Bertz CT molecular complexity index is 746. The number of ether oxygens (including phenoxy) is 1. The second kappa shape index (κ2) is 4.20. The van der Waals surface area contributed by atoms with Crippen LogP contribution in [0.25, 0.3) is 10.9 Å². The van der Waals surface area contributed by atoms with E-state index >= 15 is 0 Å². The molecule has 1 heterocycles. The molecular formula is C12H11BrN2O2S. The van der Waals surface area contributed by atoms with Crippen LogP contribution in [0.3, 0.4) is 0 Å². The first-order valence-electron chi connectivity index (χ1n) is 5.64. The van der Waals surface area contributed by atoms with Crippen LogP contribution in [0.15, 0.2) is 21.4 Å². The fourth-order valence-corrected chi connectivity index (χ4v) is 3.02. The number of aromatic nitrogens is 2. The van der Waals surface area contributed by atoms with Gasteiger partial charge < -0.3 is 9.72 Å². The molecule has 1 aliphatic rings. The summed E-state index contributed by atoms with van der Waals surface area (Å²) in [6, 6.07) is 3.84. The number of hydrogen-bond acceptors (Lipinski definition) is 3. The number of H-pyrrole nitrogens is 1. The molecule has 4 nitrogen and oxygen atoms in total. The third-order valence-corrected chi connectivity index (χ3v) is 4.03. The molecule has 1 saturated carbocycles. The van der Waals surface area contributed by atoms with Gasteiger partial charge in [-0.05, 0) is 47.1 Å². The van der Waals surface area contributed by atoms with Crippen LogP contribution in [-0.4, -0.2) is 16.7 Å². The summed E-state index contributed by atoms with van der Waals surface area (Å²) in [6.07, 6.45) is 2.05. The third-order valence-electron chi connectivity index (χ3n) is 3.10. The Morgan fingerprint density at radius 2 is 2.22 bits per heavy atom. The zero-order valence-electron chi connectivity index (χ0n) is 9.70. The second-order valence-electron chi connectivity index (χ2n) is 4.37. The van der Waals surface area contributed by atoms with Gasteiger partial charge in [0.25, 0.3) is 5.56 Å². The van der Waals surface area contributed by atoms with Gasteiger partial charge in [-0.3, -0.25) is 9.36 Å². The SMILES string of the molecule is COc1cc(Br)c2c(=O)n(C3CC3)c(=S)[nH]c2c1. The molecule has 6 heteroatoms. The number of benzene rings is 1. The fraction of sp³-hybridized carbons (Fsp3) is 0.333. The molecule has 1 aromatic carbocycles. The van der Waals surface area contributed by atoms with E-state index in [1.807, 2.05) is 0 Å². The van der Waals surface area contributed by atoms with Gasteiger partial charge in [0.05, 0.1) is 18.0 Å². The van der Waals surface area contributed by atoms with Crippen molar-refractivity contribution < 1.29 is 4.74 Å². The predicted molar refractivity (Wildman–Crippen MR) is 75.9 cm³/mol. The van der Waals surface area contributed by atoms with Gasteiger partial charge in [-0.15, -0.1) is 0 Å². The van der Waals surface area contributed by atoms with Gasteiger partial charge in [-0.1, -0.05) is 0 Å². The summed E-state index contributed by atoms with van der Waals surface area (Å²) < 4.78 is 8.06. The van der Waals surface area contributed by atoms with Gasteiger partial charge in [0.15, 0.2) is 4.77 Å². The summed E-state index contributed by atoms with van der Waals surface area (Å²) in [7, 11) is 1.59. The molecule has 0 saturated heterocycles. The normalized spacial score (nSPS) is 15.0. The fourth-order valence-electron chi connectivity index (χ4n) is 2.07. The number of rotatable bonds is 2. The minimum Gasteiger partial charge on any atom is -0.497 e. The topological polar surface area (TPSA) is 47.0 Å². The Morgan fingerprint density at radius 3 is 2.83 bits per heavy atom. The molecule has 1 fully saturated rings. The molecule has 94 valence electrons. The Kier molecular flexibility index (Phi) is 2.79. The van der Waals surface area contributed by atoms with E-state index in [0.29, 0.717) is 21.4 Å². The van der Waals surface area contributed by atoms with Crippen molar-refractivity contribution in [2.45, 2.75) is 18.9 Å². The van der Waals surface area contributed by atoms with Crippen molar-refractivity contribution in [3.8, 4) is 5.75 Å². The Labute approximate surface area is 117 Å². The van der Waals surface area contributed by atoms with Crippen molar-refractivity contribution in [1.29, 1.82) is 0 Å². The monoisotopic (exact) mass is 326 g/mol. The zero-order valence-corrected chi connectivity index (χ0v) is 12.1. The first-order valence-corrected chi connectivity index (χ1v) is 6.84. The molecule has 0 unspecified atom stereocenters. The molecule has 0 bridgehead atoms. The summed E-state index contributed by atoms with van der Waals surface area (Å²) in [5.74, 6) is 0.684. The molecule has 0 spiro atoms. The van der Waals surface area contributed by atoms with E-state index < -0.39 is 0 Å². The average Bonchev–Trinajstić information content (AvgIpc) is 3.12. The van der Waals surface area contributed by atoms with Crippen LogP contribution in [-0.2, 0) is 0 Å². The number of nitrogens with one attached hydrogen (secondary N) is 1. The number of aromatic amines is 1. The van der Waals surface area contributed by atoms with Crippen molar-refractivity contribution in [1.82, 2.24) is 9.55 Å². The molecule has 0 amide bonds. The molecule has 0 radical (unpaired) electrons. The predicted octanol–water partition coefficient (Wildman–Crippen LogP) is 3.17. The van der Waals surface area contributed by atoms with E-state index in [2.05, 4.69) is 20.9 Å². The lowest BCUT2D eigenvalue weighted by Gasteiger charge is -2.09. The molecule has 1 N–H and O–H groups in total. The van der Waals surface area contributed by atoms with Crippen molar-refractivity contribution >= 4 is 39.1 Å². The highest BCUT2D eigenvalue weighted by molar-refractivity contribution is 9.10. The van der Waals surface area contributed by atoms with Crippen molar-refractivity contribution in [2.75, 3.05) is 7.11 Å². The molecule has 1 aliphatic carbocycles. The van der Waals surface area contributed by atoms with Crippen molar-refractivity contribution in [3.63, 3.8) is 0 Å². The van der Waals surface area contributed by atoms with Gasteiger partial charge in [0, 0.05) is 16.6 Å². The molecule has 0 aliphatic heterocycles. The number of methoxy groups -OCH3 is 1. The van der Waals surface area contributed by atoms with E-state index in [9.17, 15) is 4.79 Å². The summed E-state index contributed by atoms with van der Waals surface area (Å²) in [5.41, 5.74) is 0.666. The summed E-state index contributed by atoms with van der Waals surface area (Å²) in [6.45, 7) is 0. The van der Waals surface area contributed by atoms with Gasteiger partial charge in [-0.2, -0.15) is 0 Å². The van der Waals surface area contributed by atoms with E-state index in [-0.39, 0.29) is 11.6 Å². The van der Waals surface area contributed by atoms with Crippen LogP contribution in [0.5, 0.6) is 5.75 Å². The molecule has 1 aromatic heterocycles. The Hall–Kier alpha value is -1.14. The van der Waals surface area contributed by atoms with Gasteiger partial charge in [0.2, 0.25) is 0 Å². The lowest BCUT2D eigenvalue weighted by molar-refractivity contribution is 0.415. The zero-order chi connectivity index (χ0) is 12.9. The van der Waals surface area contributed by atoms with Gasteiger partial charge >= 0.3 is 0 Å². The van der Waals surface area contributed by atoms with Crippen LogP contribution in [0.4, 0.5) is 0 Å². The number of fused-ring (bicyclic) bond motifs is 1. The highest BCUT2D eigenvalue weighted by Crippen LogP contribution is 2.34. The molecule has 18 heavy (non-hydrogen) atoms. The number of hydrogen-bond donors (Lipinski definition) is 1. The second-order valence-corrected chi connectivity index (χ2v) is 5.61. The molecular weight excluding hydrogens is 316 g/mol. The number of nitrogens with zero attached hydrogens (tertiary/aromatic N) is 1. The van der Waals surface area contributed by atoms with E-state index in [0.717, 1.165) is 17.3 Å². The van der Waals surface area contributed by atoms with Crippen LogP contribution in [0.2, 0.25) is 0 Å². The van der Waals surface area contributed by atoms with Crippen molar-refractivity contribution in [3.05, 3.63) is 31.7 Å². The first-order chi connectivity index (χ1) is 8.61. The van der Waals surface area contributed by atoms with Crippen LogP contribution >= 0.6 is 28.1 Å². The maximum absolute atomic E-state index is 12.5. The van der Waals surface area contributed by atoms with Crippen LogP contribution in [0.1, 0.15) is 18.9 Å². The highest BCUT2D eigenvalue weighted by atomic mass is 79.9. The van der Waals surface area contributed by atoms with E-state index in [1.54, 1.807) is 23.8 Å². The van der Waals surface area contributed by atoms with Gasteiger partial charge in [0.1, 0.15) is 5.75 Å². The lowest BCUT2D eigenvalue weighted by Crippen LogP contribution is -2.21. The van der Waals surface area contributed by atoms with Gasteiger partial charge in [-0.25, -0.2) is 0 Å². The minimum absolute atomic E-state index is 0.0363. The quantitative estimate of drug-likeness (QED) is 0.862. The molecule has 2 aromatic rings. The van der Waals surface area contributed by atoms with Crippen LogP contribution in [0, 0.1) is 4.77 Å². The summed E-state index contributed by atoms with van der Waals surface area (Å²) in [5, 5.41) is 0.622.